The van der Waals surface area contributed by atoms with Gasteiger partial charge in [0.25, 0.3) is 5.91 Å². The molecule has 5 nitrogen and oxygen atoms in total. The van der Waals surface area contributed by atoms with Gasteiger partial charge in [0.2, 0.25) is 0 Å². The fraction of sp³-hybridized carbons (Fsp3) is 0.130. The van der Waals surface area contributed by atoms with Crippen LogP contribution in [0.2, 0.25) is 10.0 Å². The van der Waals surface area contributed by atoms with Crippen LogP contribution in [0.4, 0.5) is 5.69 Å². The first-order valence-electron chi connectivity index (χ1n) is 9.05. The van der Waals surface area contributed by atoms with Gasteiger partial charge in [-0.15, -0.1) is 0 Å². The highest BCUT2D eigenvalue weighted by Crippen LogP contribution is 2.29. The second-order valence-corrected chi connectivity index (χ2v) is 7.48. The monoisotopic (exact) mass is 439 g/mol. The lowest BCUT2D eigenvalue weighted by atomic mass is 10.1. The summed E-state index contributed by atoms with van der Waals surface area (Å²) >= 11 is 12.1. The maximum atomic E-state index is 12.7. The van der Waals surface area contributed by atoms with E-state index in [1.807, 2.05) is 54.8 Å². The van der Waals surface area contributed by atoms with Gasteiger partial charge in [0, 0.05) is 27.1 Å². The van der Waals surface area contributed by atoms with Crippen molar-refractivity contribution >= 4 is 40.9 Å². The van der Waals surface area contributed by atoms with Crippen molar-refractivity contribution < 1.29 is 9.53 Å². The van der Waals surface area contributed by atoms with Crippen molar-refractivity contribution in [3.05, 3.63) is 81.1 Å². The summed E-state index contributed by atoms with van der Waals surface area (Å²) in [6.07, 6.45) is 1.57. The quantitative estimate of drug-likeness (QED) is 0.394. The number of methoxy groups -OCH3 is 1. The summed E-state index contributed by atoms with van der Waals surface area (Å²) in [6.45, 7) is 3.88. The van der Waals surface area contributed by atoms with Crippen molar-refractivity contribution in [1.29, 1.82) is 5.26 Å². The predicted octanol–water partition coefficient (Wildman–Crippen LogP) is 5.96. The molecule has 0 radical (unpaired) electrons. The van der Waals surface area contributed by atoms with E-state index in [1.165, 1.54) is 7.11 Å². The third-order valence-corrected chi connectivity index (χ3v) is 5.08. The number of rotatable bonds is 5. The summed E-state index contributed by atoms with van der Waals surface area (Å²) in [5.41, 5.74) is 3.86. The van der Waals surface area contributed by atoms with Gasteiger partial charge >= 0.3 is 0 Å². The van der Waals surface area contributed by atoms with E-state index in [4.69, 9.17) is 27.9 Å². The molecule has 30 heavy (non-hydrogen) atoms. The van der Waals surface area contributed by atoms with Crippen LogP contribution >= 0.6 is 23.2 Å². The van der Waals surface area contributed by atoms with Crippen molar-refractivity contribution in [3.63, 3.8) is 0 Å². The molecule has 1 amide bonds. The second kappa shape index (κ2) is 9.08. The van der Waals surface area contributed by atoms with Crippen LogP contribution in [0.3, 0.4) is 0 Å². The molecule has 0 aliphatic rings. The Morgan fingerprint density at radius 3 is 2.53 bits per heavy atom. The fourth-order valence-corrected chi connectivity index (χ4v) is 3.57. The van der Waals surface area contributed by atoms with Gasteiger partial charge in [0.1, 0.15) is 17.4 Å². The number of aryl methyl sites for hydroxylation is 1. The number of carbonyl (C=O) groups excluding carboxylic acids is 1. The van der Waals surface area contributed by atoms with Crippen molar-refractivity contribution in [1.82, 2.24) is 4.57 Å². The molecular weight excluding hydrogens is 421 g/mol. The molecular formula is C23H19Cl2N3O2. The Bertz CT molecular complexity index is 1190. The molecule has 0 unspecified atom stereocenters. The first-order valence-corrected chi connectivity index (χ1v) is 9.81. The number of hydrogen-bond acceptors (Lipinski definition) is 3. The SMILES string of the molecule is COc1ccc(Cl)cc1NC(=O)C(C#N)=Cc1cc(C)n(-c2cccc(Cl)c2)c1C. The topological polar surface area (TPSA) is 67.0 Å². The van der Waals surface area contributed by atoms with Crippen LogP contribution in [0.25, 0.3) is 11.8 Å². The maximum absolute atomic E-state index is 12.7. The first-order chi connectivity index (χ1) is 14.3. The number of halogens is 2. The zero-order valence-electron chi connectivity index (χ0n) is 16.7. The number of nitriles is 1. The van der Waals surface area contributed by atoms with E-state index in [-0.39, 0.29) is 5.57 Å². The Kier molecular flexibility index (Phi) is 6.51. The van der Waals surface area contributed by atoms with Gasteiger partial charge in [0.15, 0.2) is 0 Å². The van der Waals surface area contributed by atoms with Crippen molar-refractivity contribution in [2.75, 3.05) is 12.4 Å². The lowest BCUT2D eigenvalue weighted by Gasteiger charge is -2.11. The first kappa shape index (κ1) is 21.5. The van der Waals surface area contributed by atoms with E-state index in [0.29, 0.717) is 21.5 Å². The van der Waals surface area contributed by atoms with Crippen LogP contribution in [0.1, 0.15) is 17.0 Å². The van der Waals surface area contributed by atoms with E-state index in [1.54, 1.807) is 24.3 Å². The van der Waals surface area contributed by atoms with Gasteiger partial charge in [-0.05, 0) is 68.0 Å². The van der Waals surface area contributed by atoms with Crippen molar-refractivity contribution in [2.24, 2.45) is 0 Å². The average Bonchev–Trinajstić information content (AvgIpc) is 2.99. The Balaban J connectivity index is 1.96. The molecule has 3 aromatic rings. The molecule has 0 bridgehead atoms. The number of nitrogens with one attached hydrogen (secondary N) is 1. The van der Waals surface area contributed by atoms with Gasteiger partial charge in [0.05, 0.1) is 12.8 Å². The van der Waals surface area contributed by atoms with Gasteiger partial charge in [-0.3, -0.25) is 4.79 Å². The van der Waals surface area contributed by atoms with Crippen LogP contribution in [0, 0.1) is 25.2 Å². The molecule has 2 aromatic carbocycles. The van der Waals surface area contributed by atoms with E-state index in [0.717, 1.165) is 22.6 Å². The summed E-state index contributed by atoms with van der Waals surface area (Å²) in [5.74, 6) is -0.102. The molecule has 0 saturated heterocycles. The highest BCUT2D eigenvalue weighted by molar-refractivity contribution is 6.31. The molecule has 152 valence electrons. The molecule has 0 saturated carbocycles. The van der Waals surface area contributed by atoms with Gasteiger partial charge < -0.3 is 14.6 Å². The highest BCUT2D eigenvalue weighted by atomic mass is 35.5. The summed E-state index contributed by atoms with van der Waals surface area (Å²) in [4.78, 5) is 12.7. The third kappa shape index (κ3) is 4.51. The zero-order valence-corrected chi connectivity index (χ0v) is 18.2. The van der Waals surface area contributed by atoms with Gasteiger partial charge in [-0.25, -0.2) is 0 Å². The standard InChI is InChI=1S/C23H19Cl2N3O2/c1-14-9-16(15(2)28(14)20-6-4-5-18(24)11-20)10-17(13-26)23(29)27-21-12-19(25)7-8-22(21)30-3/h4-12H,1-3H3,(H,27,29). The molecule has 0 aliphatic carbocycles. The molecule has 0 atom stereocenters. The molecule has 0 spiro atoms. The number of amides is 1. The van der Waals surface area contributed by atoms with Crippen LogP contribution < -0.4 is 10.1 Å². The zero-order chi connectivity index (χ0) is 21.8. The number of benzene rings is 2. The smallest absolute Gasteiger partial charge is 0.266 e. The molecule has 3 rings (SSSR count). The number of carbonyl (C=O) groups is 1. The summed E-state index contributed by atoms with van der Waals surface area (Å²) in [7, 11) is 1.49. The lowest BCUT2D eigenvalue weighted by molar-refractivity contribution is -0.112. The molecule has 0 aliphatic heterocycles. The van der Waals surface area contributed by atoms with Crippen LogP contribution in [-0.4, -0.2) is 17.6 Å². The van der Waals surface area contributed by atoms with Crippen LogP contribution in [0.5, 0.6) is 5.75 Å². The maximum Gasteiger partial charge on any atom is 0.266 e. The number of anilines is 1. The molecule has 1 heterocycles. The fourth-order valence-electron chi connectivity index (χ4n) is 3.22. The molecule has 0 fully saturated rings. The lowest BCUT2D eigenvalue weighted by Crippen LogP contribution is -2.14. The normalized spacial score (nSPS) is 11.1. The van der Waals surface area contributed by atoms with Crippen LogP contribution in [0.15, 0.2) is 54.1 Å². The average molecular weight is 440 g/mol. The molecule has 7 heteroatoms. The Labute approximate surface area is 185 Å². The van der Waals surface area contributed by atoms with E-state index < -0.39 is 5.91 Å². The number of nitrogens with zero attached hydrogens (tertiary/aromatic N) is 2. The molecule has 1 aromatic heterocycles. The largest absolute Gasteiger partial charge is 0.495 e. The Morgan fingerprint density at radius 2 is 1.87 bits per heavy atom. The summed E-state index contributed by atoms with van der Waals surface area (Å²) in [5, 5.41) is 13.3. The van der Waals surface area contributed by atoms with Crippen molar-refractivity contribution in [3.8, 4) is 17.5 Å². The predicted molar refractivity (Wildman–Crippen MR) is 120 cm³/mol. The van der Waals surface area contributed by atoms with Crippen LogP contribution in [-0.2, 0) is 4.79 Å². The third-order valence-electron chi connectivity index (χ3n) is 4.61. The second-order valence-electron chi connectivity index (χ2n) is 6.61. The van der Waals surface area contributed by atoms with Gasteiger partial charge in [-0.2, -0.15) is 5.26 Å². The van der Waals surface area contributed by atoms with E-state index in [9.17, 15) is 10.1 Å². The summed E-state index contributed by atoms with van der Waals surface area (Å²) in [6, 6.07) is 16.2. The number of ether oxygens (including phenoxy) is 1. The van der Waals surface area contributed by atoms with Gasteiger partial charge in [-0.1, -0.05) is 29.3 Å². The number of aromatic nitrogens is 1. The van der Waals surface area contributed by atoms with Crippen molar-refractivity contribution in [2.45, 2.75) is 13.8 Å². The Hall–Kier alpha value is -3.20. The van der Waals surface area contributed by atoms with E-state index in [2.05, 4.69) is 5.32 Å². The van der Waals surface area contributed by atoms with E-state index >= 15 is 0 Å². The minimum atomic E-state index is -0.550. The minimum Gasteiger partial charge on any atom is -0.495 e. The number of hydrogen-bond donors (Lipinski definition) is 1. The highest BCUT2D eigenvalue weighted by Gasteiger charge is 2.16. The molecule has 1 N–H and O–H groups in total. The Morgan fingerprint density at radius 1 is 1.13 bits per heavy atom. The minimum absolute atomic E-state index is 0.0385. The summed E-state index contributed by atoms with van der Waals surface area (Å²) < 4.78 is 7.26.